The highest BCUT2D eigenvalue weighted by Gasteiger charge is 2.15. The van der Waals surface area contributed by atoms with Crippen LogP contribution in [0.5, 0.6) is 0 Å². The molecule has 0 saturated heterocycles. The summed E-state index contributed by atoms with van der Waals surface area (Å²) in [6, 6.07) is 7.22. The molecule has 2 aromatic carbocycles. The summed E-state index contributed by atoms with van der Waals surface area (Å²) in [6.07, 6.45) is 0. The molecule has 0 aliphatic carbocycles. The van der Waals surface area contributed by atoms with E-state index in [1.54, 1.807) is 25.1 Å². The molecule has 0 aliphatic heterocycles. The van der Waals surface area contributed by atoms with Crippen LogP contribution in [0, 0.1) is 12.7 Å². The number of rotatable bonds is 2. The third-order valence-electron chi connectivity index (χ3n) is 2.69. The average molecular weight is 333 g/mol. The Morgan fingerprint density at radius 3 is 2.45 bits per heavy atom. The molecule has 0 spiro atoms. The molecular formula is C14H9Cl3FNO. The zero-order valence-electron chi connectivity index (χ0n) is 10.3. The van der Waals surface area contributed by atoms with Crippen LogP contribution in [0.2, 0.25) is 15.1 Å². The number of amides is 1. The Bertz CT molecular complexity index is 688. The van der Waals surface area contributed by atoms with Crippen molar-refractivity contribution in [2.24, 2.45) is 0 Å². The van der Waals surface area contributed by atoms with E-state index in [9.17, 15) is 9.18 Å². The number of anilines is 1. The van der Waals surface area contributed by atoms with Gasteiger partial charge in [0.05, 0.1) is 15.6 Å². The predicted octanol–water partition coefficient (Wildman–Crippen LogP) is 5.35. The van der Waals surface area contributed by atoms with Crippen LogP contribution in [0.4, 0.5) is 10.1 Å². The minimum Gasteiger partial charge on any atom is -0.322 e. The van der Waals surface area contributed by atoms with Crippen molar-refractivity contribution in [3.63, 3.8) is 0 Å². The number of aryl methyl sites for hydroxylation is 1. The summed E-state index contributed by atoms with van der Waals surface area (Å²) in [6.45, 7) is 1.80. The third-order valence-corrected chi connectivity index (χ3v) is 3.53. The summed E-state index contributed by atoms with van der Waals surface area (Å²) in [5, 5.41) is 3.17. The van der Waals surface area contributed by atoms with Crippen LogP contribution in [0.1, 0.15) is 15.9 Å². The number of halogens is 4. The molecule has 0 unspecified atom stereocenters. The molecule has 0 fully saturated rings. The molecule has 6 heteroatoms. The molecule has 0 aromatic heterocycles. The summed E-state index contributed by atoms with van der Waals surface area (Å²) in [7, 11) is 0. The van der Waals surface area contributed by atoms with Gasteiger partial charge >= 0.3 is 0 Å². The number of hydrogen-bond donors (Lipinski definition) is 1. The molecule has 0 radical (unpaired) electrons. The van der Waals surface area contributed by atoms with E-state index in [0.717, 1.165) is 11.6 Å². The lowest BCUT2D eigenvalue weighted by molar-refractivity contribution is 0.102. The fourth-order valence-electron chi connectivity index (χ4n) is 1.65. The second kappa shape index (κ2) is 6.00. The molecule has 0 atom stereocenters. The molecule has 1 N–H and O–H groups in total. The summed E-state index contributed by atoms with van der Waals surface area (Å²) in [5.41, 5.74) is 1.38. The SMILES string of the molecule is Cc1cc(Cl)ccc1NC(=O)c1cc(F)c(Cl)cc1Cl. The van der Waals surface area contributed by atoms with E-state index in [2.05, 4.69) is 5.32 Å². The zero-order chi connectivity index (χ0) is 14.9. The van der Waals surface area contributed by atoms with Crippen molar-refractivity contribution in [2.75, 3.05) is 5.32 Å². The number of hydrogen-bond acceptors (Lipinski definition) is 1. The molecule has 104 valence electrons. The summed E-state index contributed by atoms with van der Waals surface area (Å²) < 4.78 is 13.4. The fourth-order valence-corrected chi connectivity index (χ4v) is 2.35. The first kappa shape index (κ1) is 15.1. The normalized spacial score (nSPS) is 10.4. The van der Waals surface area contributed by atoms with E-state index in [4.69, 9.17) is 34.8 Å². The Morgan fingerprint density at radius 2 is 1.80 bits per heavy atom. The van der Waals surface area contributed by atoms with Crippen molar-refractivity contribution >= 4 is 46.4 Å². The van der Waals surface area contributed by atoms with Crippen LogP contribution in [0.3, 0.4) is 0 Å². The Morgan fingerprint density at radius 1 is 1.10 bits per heavy atom. The maximum atomic E-state index is 13.4. The van der Waals surface area contributed by atoms with Gasteiger partial charge in [-0.3, -0.25) is 4.79 Å². The van der Waals surface area contributed by atoms with Gasteiger partial charge < -0.3 is 5.32 Å². The lowest BCUT2D eigenvalue weighted by Gasteiger charge is -2.10. The van der Waals surface area contributed by atoms with E-state index in [1.165, 1.54) is 6.07 Å². The number of carbonyl (C=O) groups is 1. The van der Waals surface area contributed by atoms with Crippen molar-refractivity contribution in [1.82, 2.24) is 0 Å². The molecule has 2 rings (SSSR count). The van der Waals surface area contributed by atoms with Gasteiger partial charge in [0.1, 0.15) is 5.82 Å². The van der Waals surface area contributed by atoms with E-state index in [-0.39, 0.29) is 15.6 Å². The Hall–Kier alpha value is -1.29. The first-order valence-corrected chi connectivity index (χ1v) is 6.74. The van der Waals surface area contributed by atoms with Crippen molar-refractivity contribution in [1.29, 1.82) is 0 Å². The second-order valence-electron chi connectivity index (χ2n) is 4.16. The number of nitrogens with one attached hydrogen (secondary N) is 1. The van der Waals surface area contributed by atoms with Gasteiger partial charge in [-0.1, -0.05) is 34.8 Å². The topological polar surface area (TPSA) is 29.1 Å². The molecule has 20 heavy (non-hydrogen) atoms. The minimum atomic E-state index is -0.700. The van der Waals surface area contributed by atoms with Gasteiger partial charge in [0.2, 0.25) is 0 Å². The molecule has 2 nitrogen and oxygen atoms in total. The zero-order valence-corrected chi connectivity index (χ0v) is 12.6. The summed E-state index contributed by atoms with van der Waals surface area (Å²) in [4.78, 5) is 12.1. The highest BCUT2D eigenvalue weighted by Crippen LogP contribution is 2.26. The first-order chi connectivity index (χ1) is 9.38. The molecule has 0 heterocycles. The summed E-state index contributed by atoms with van der Waals surface area (Å²) in [5.74, 6) is -1.22. The van der Waals surface area contributed by atoms with E-state index >= 15 is 0 Å². The quantitative estimate of drug-likeness (QED) is 0.738. The van der Waals surface area contributed by atoms with Crippen molar-refractivity contribution in [3.8, 4) is 0 Å². The van der Waals surface area contributed by atoms with Gasteiger partial charge in [0, 0.05) is 10.7 Å². The van der Waals surface area contributed by atoms with Crippen LogP contribution in [-0.2, 0) is 0 Å². The van der Waals surface area contributed by atoms with Gasteiger partial charge in [-0.15, -0.1) is 0 Å². The Labute approximate surface area is 130 Å². The summed E-state index contributed by atoms with van der Waals surface area (Å²) >= 11 is 17.3. The maximum Gasteiger partial charge on any atom is 0.257 e. The lowest BCUT2D eigenvalue weighted by Crippen LogP contribution is -2.13. The van der Waals surface area contributed by atoms with Crippen LogP contribution in [-0.4, -0.2) is 5.91 Å². The monoisotopic (exact) mass is 331 g/mol. The van der Waals surface area contributed by atoms with Gasteiger partial charge in [0.25, 0.3) is 5.91 Å². The largest absolute Gasteiger partial charge is 0.322 e. The molecule has 2 aromatic rings. The standard InChI is InChI=1S/C14H9Cl3FNO/c1-7-4-8(15)2-3-13(7)19-14(20)9-5-12(18)11(17)6-10(9)16/h2-6H,1H3,(H,19,20). The van der Waals surface area contributed by atoms with Gasteiger partial charge in [-0.25, -0.2) is 4.39 Å². The average Bonchev–Trinajstić information content (AvgIpc) is 2.37. The van der Waals surface area contributed by atoms with Gasteiger partial charge in [-0.2, -0.15) is 0 Å². The predicted molar refractivity (Wildman–Crippen MR) is 80.6 cm³/mol. The first-order valence-electron chi connectivity index (χ1n) is 5.60. The van der Waals surface area contributed by atoms with Gasteiger partial charge in [0.15, 0.2) is 0 Å². The smallest absolute Gasteiger partial charge is 0.257 e. The Kier molecular flexibility index (Phi) is 4.53. The van der Waals surface area contributed by atoms with Crippen molar-refractivity contribution in [2.45, 2.75) is 6.92 Å². The third kappa shape index (κ3) is 3.23. The minimum absolute atomic E-state index is 0.0166. The fraction of sp³-hybridized carbons (Fsp3) is 0.0714. The van der Waals surface area contributed by atoms with Crippen LogP contribution in [0.25, 0.3) is 0 Å². The highest BCUT2D eigenvalue weighted by molar-refractivity contribution is 6.37. The number of benzene rings is 2. The van der Waals surface area contributed by atoms with Crippen molar-refractivity contribution in [3.05, 3.63) is 62.3 Å². The molecule has 0 aliphatic rings. The van der Waals surface area contributed by atoms with Crippen molar-refractivity contribution < 1.29 is 9.18 Å². The van der Waals surface area contributed by atoms with Crippen LogP contribution in [0.15, 0.2) is 30.3 Å². The highest BCUT2D eigenvalue weighted by atomic mass is 35.5. The maximum absolute atomic E-state index is 13.4. The molecule has 1 amide bonds. The molecule has 0 saturated carbocycles. The van der Waals surface area contributed by atoms with E-state index in [1.807, 2.05) is 0 Å². The van der Waals surface area contributed by atoms with Gasteiger partial charge in [-0.05, 0) is 42.8 Å². The van der Waals surface area contributed by atoms with Crippen LogP contribution < -0.4 is 5.32 Å². The second-order valence-corrected chi connectivity index (χ2v) is 5.41. The van der Waals surface area contributed by atoms with E-state index in [0.29, 0.717) is 10.7 Å². The molecule has 0 bridgehead atoms. The van der Waals surface area contributed by atoms with Crippen LogP contribution >= 0.6 is 34.8 Å². The Balaban J connectivity index is 2.31. The number of carbonyl (C=O) groups excluding carboxylic acids is 1. The van der Waals surface area contributed by atoms with E-state index < -0.39 is 11.7 Å². The lowest BCUT2D eigenvalue weighted by atomic mass is 10.1. The molecular weight excluding hydrogens is 324 g/mol.